The van der Waals surface area contributed by atoms with E-state index in [4.69, 9.17) is 0 Å². The Bertz CT molecular complexity index is 824. The molecule has 4 heteroatoms. The fraction of sp³-hybridized carbons (Fsp3) is 0.481. The summed E-state index contributed by atoms with van der Waals surface area (Å²) < 4.78 is 0. The maximum Gasteiger partial charge on any atom is 0.122 e. The van der Waals surface area contributed by atoms with Gasteiger partial charge in [-0.05, 0) is 96.4 Å². The largest absolute Gasteiger partial charge is 0.508 e. The molecule has 1 atom stereocenters. The van der Waals surface area contributed by atoms with Crippen LogP contribution in [0, 0.1) is 6.92 Å². The maximum absolute atomic E-state index is 10.2. The summed E-state index contributed by atoms with van der Waals surface area (Å²) in [5.74, 6) is 0.427. The minimum Gasteiger partial charge on any atom is -0.508 e. The molecule has 0 aromatic heterocycles. The average Bonchev–Trinajstić information content (AvgIpc) is 2.70. The molecule has 1 rings (SSSR count). The molecule has 31 heavy (non-hydrogen) atoms. The Kier molecular flexibility index (Phi) is 12.0. The van der Waals surface area contributed by atoms with Crippen LogP contribution in [0.1, 0.15) is 70.9 Å². The van der Waals surface area contributed by atoms with Crippen LogP contribution in [0.4, 0.5) is 0 Å². The third-order valence-electron chi connectivity index (χ3n) is 5.37. The zero-order valence-electron chi connectivity index (χ0n) is 19.8. The molecule has 1 aromatic rings. The van der Waals surface area contributed by atoms with Crippen LogP contribution in [0.25, 0.3) is 0 Å². The normalized spacial score (nSPS) is 14.0. The quantitative estimate of drug-likeness (QED) is 0.242. The van der Waals surface area contributed by atoms with Gasteiger partial charge in [0.05, 0.1) is 12.7 Å². The topological polar surface area (TPSA) is 80.9 Å². The predicted molar refractivity (Wildman–Crippen MR) is 129 cm³/mol. The Balaban J connectivity index is 2.50. The number of phenols is 2. The lowest BCUT2D eigenvalue weighted by molar-refractivity contribution is 0.189. The number of aryl methyl sites for hydroxylation is 1. The van der Waals surface area contributed by atoms with E-state index in [1.165, 1.54) is 11.1 Å². The van der Waals surface area contributed by atoms with Crippen molar-refractivity contribution in [2.45, 2.75) is 79.2 Å². The summed E-state index contributed by atoms with van der Waals surface area (Å²) >= 11 is 0. The van der Waals surface area contributed by atoms with Gasteiger partial charge >= 0.3 is 0 Å². The second-order valence-electron chi connectivity index (χ2n) is 8.62. The highest BCUT2D eigenvalue weighted by Crippen LogP contribution is 2.28. The highest BCUT2D eigenvalue weighted by molar-refractivity contribution is 5.46. The van der Waals surface area contributed by atoms with Crippen LogP contribution in [-0.2, 0) is 6.42 Å². The molecule has 4 N–H and O–H groups in total. The van der Waals surface area contributed by atoms with Crippen molar-refractivity contribution >= 4 is 0 Å². The van der Waals surface area contributed by atoms with Crippen molar-refractivity contribution in [1.82, 2.24) is 0 Å². The van der Waals surface area contributed by atoms with Gasteiger partial charge in [-0.3, -0.25) is 0 Å². The zero-order valence-corrected chi connectivity index (χ0v) is 19.8. The van der Waals surface area contributed by atoms with Gasteiger partial charge in [0.2, 0.25) is 0 Å². The summed E-state index contributed by atoms with van der Waals surface area (Å²) in [5.41, 5.74) is 5.81. The van der Waals surface area contributed by atoms with E-state index in [2.05, 4.69) is 26.0 Å². The van der Waals surface area contributed by atoms with Crippen molar-refractivity contribution < 1.29 is 20.4 Å². The fourth-order valence-corrected chi connectivity index (χ4v) is 3.31. The Morgan fingerprint density at radius 3 is 2.13 bits per heavy atom. The van der Waals surface area contributed by atoms with Crippen LogP contribution in [0.3, 0.4) is 0 Å². The van der Waals surface area contributed by atoms with Gasteiger partial charge in [0.1, 0.15) is 11.5 Å². The molecule has 1 aromatic carbocycles. The van der Waals surface area contributed by atoms with Gasteiger partial charge in [-0.2, -0.15) is 0 Å². The lowest BCUT2D eigenvalue weighted by Gasteiger charge is -2.11. The smallest absolute Gasteiger partial charge is 0.122 e. The summed E-state index contributed by atoms with van der Waals surface area (Å²) in [6, 6.07) is 3.17. The standard InChI is InChI=1S/C27H40O4/c1-19(2)12-15-26(30)24(18-28)11-7-10-20(3)8-6-9-21(4)13-14-23-17-25(29)16-22(5)27(23)31/h8,11-13,16-17,26,28-31H,6-7,9-10,14-15,18H2,1-5H3/t26-/m1/s1. The minimum absolute atomic E-state index is 0.112. The molecular weight excluding hydrogens is 388 g/mol. The molecule has 0 saturated heterocycles. The number of aromatic hydroxyl groups is 2. The van der Waals surface area contributed by atoms with Crippen molar-refractivity contribution in [3.05, 3.63) is 69.9 Å². The van der Waals surface area contributed by atoms with E-state index in [-0.39, 0.29) is 18.1 Å². The first-order valence-corrected chi connectivity index (χ1v) is 11.1. The molecule has 0 aliphatic heterocycles. The maximum atomic E-state index is 10.2. The van der Waals surface area contributed by atoms with Gasteiger partial charge in [0, 0.05) is 5.56 Å². The number of phenolic OH excluding ortho intramolecular Hbond substituents is 2. The molecule has 0 bridgehead atoms. The van der Waals surface area contributed by atoms with Crippen LogP contribution in [-0.4, -0.2) is 33.1 Å². The first-order valence-electron chi connectivity index (χ1n) is 11.1. The number of benzene rings is 1. The van der Waals surface area contributed by atoms with E-state index in [1.54, 1.807) is 19.1 Å². The summed E-state index contributed by atoms with van der Waals surface area (Å²) in [6.45, 7) is 9.86. The summed E-state index contributed by atoms with van der Waals surface area (Å²) in [4.78, 5) is 0. The van der Waals surface area contributed by atoms with E-state index in [9.17, 15) is 20.4 Å². The van der Waals surface area contributed by atoms with Gasteiger partial charge in [-0.25, -0.2) is 0 Å². The minimum atomic E-state index is -0.619. The van der Waals surface area contributed by atoms with Crippen molar-refractivity contribution in [2.24, 2.45) is 0 Å². The predicted octanol–water partition coefficient (Wildman–Crippen LogP) is 6.04. The summed E-state index contributed by atoms with van der Waals surface area (Å²) in [5, 5.41) is 39.5. The van der Waals surface area contributed by atoms with Crippen LogP contribution < -0.4 is 0 Å². The summed E-state index contributed by atoms with van der Waals surface area (Å²) in [7, 11) is 0. The Hall–Kier alpha value is -2.30. The fourth-order valence-electron chi connectivity index (χ4n) is 3.31. The van der Waals surface area contributed by atoms with E-state index in [1.807, 2.05) is 26.0 Å². The number of allylic oxidation sites excluding steroid dienone is 6. The molecule has 0 unspecified atom stereocenters. The van der Waals surface area contributed by atoms with Crippen molar-refractivity contribution in [3.8, 4) is 11.5 Å². The molecular formula is C27H40O4. The lowest BCUT2D eigenvalue weighted by Crippen LogP contribution is -2.12. The molecule has 172 valence electrons. The number of hydrogen-bond donors (Lipinski definition) is 4. The molecule has 0 aliphatic rings. The monoisotopic (exact) mass is 428 g/mol. The van der Waals surface area contributed by atoms with Crippen LogP contribution in [0.2, 0.25) is 0 Å². The van der Waals surface area contributed by atoms with E-state index in [0.29, 0.717) is 24.0 Å². The van der Waals surface area contributed by atoms with Gasteiger partial charge < -0.3 is 20.4 Å². The van der Waals surface area contributed by atoms with Gasteiger partial charge in [0.25, 0.3) is 0 Å². The SMILES string of the molecule is CC(C)=CC[C@@H](O)C(=CCCC(C)=CCCC(C)=CCc1cc(O)cc(C)c1O)CO. The number of hydrogen-bond acceptors (Lipinski definition) is 4. The number of rotatable bonds is 12. The first kappa shape index (κ1) is 26.7. The van der Waals surface area contributed by atoms with Crippen LogP contribution in [0.5, 0.6) is 11.5 Å². The van der Waals surface area contributed by atoms with E-state index in [0.717, 1.165) is 36.8 Å². The van der Waals surface area contributed by atoms with Gasteiger partial charge in [-0.15, -0.1) is 0 Å². The molecule has 4 nitrogen and oxygen atoms in total. The molecule has 0 saturated carbocycles. The second-order valence-corrected chi connectivity index (χ2v) is 8.62. The van der Waals surface area contributed by atoms with Crippen LogP contribution >= 0.6 is 0 Å². The van der Waals surface area contributed by atoms with E-state index >= 15 is 0 Å². The molecule has 0 aliphatic carbocycles. The third kappa shape index (κ3) is 10.5. The lowest BCUT2D eigenvalue weighted by atomic mass is 10.0. The second kappa shape index (κ2) is 13.9. The Morgan fingerprint density at radius 2 is 1.52 bits per heavy atom. The first-order chi connectivity index (χ1) is 14.6. The Morgan fingerprint density at radius 1 is 0.903 bits per heavy atom. The number of aliphatic hydroxyl groups is 2. The van der Waals surface area contributed by atoms with Crippen molar-refractivity contribution in [2.75, 3.05) is 6.61 Å². The average molecular weight is 429 g/mol. The Labute approximate surface area is 188 Å². The highest BCUT2D eigenvalue weighted by Gasteiger charge is 2.08. The van der Waals surface area contributed by atoms with Crippen molar-refractivity contribution in [3.63, 3.8) is 0 Å². The third-order valence-corrected chi connectivity index (χ3v) is 5.37. The summed E-state index contributed by atoms with van der Waals surface area (Å²) in [6.07, 6.45) is 12.4. The molecule has 0 spiro atoms. The van der Waals surface area contributed by atoms with Gasteiger partial charge in [0.15, 0.2) is 0 Å². The van der Waals surface area contributed by atoms with E-state index < -0.39 is 6.10 Å². The molecule has 0 fully saturated rings. The molecule has 0 amide bonds. The molecule has 0 heterocycles. The highest BCUT2D eigenvalue weighted by atomic mass is 16.3. The number of aliphatic hydroxyl groups excluding tert-OH is 2. The zero-order chi connectivity index (χ0) is 23.4. The van der Waals surface area contributed by atoms with Crippen molar-refractivity contribution in [1.29, 1.82) is 0 Å². The molecule has 0 radical (unpaired) electrons. The van der Waals surface area contributed by atoms with Gasteiger partial charge in [-0.1, -0.05) is 41.0 Å². The van der Waals surface area contributed by atoms with Crippen LogP contribution in [0.15, 0.2) is 58.7 Å².